The van der Waals surface area contributed by atoms with Crippen LogP contribution in [0.5, 0.6) is 0 Å². The first kappa shape index (κ1) is 23.8. The van der Waals surface area contributed by atoms with Gasteiger partial charge in [0.25, 0.3) is 0 Å². The Hall–Kier alpha value is -3.90. The minimum atomic E-state index is -0.0310. The molecule has 5 rings (SSSR count). The first-order chi connectivity index (χ1) is 17.6. The second kappa shape index (κ2) is 10.8. The van der Waals surface area contributed by atoms with Crippen LogP contribution in [0.3, 0.4) is 0 Å². The number of nitrogens with zero attached hydrogens (tertiary/aromatic N) is 3. The van der Waals surface area contributed by atoms with Gasteiger partial charge in [0.15, 0.2) is 0 Å². The highest BCUT2D eigenvalue weighted by atomic mass is 32.2. The van der Waals surface area contributed by atoms with Gasteiger partial charge in [-0.25, -0.2) is 4.98 Å². The van der Waals surface area contributed by atoms with Crippen LogP contribution in [0.1, 0.15) is 23.7 Å². The first-order valence-electron chi connectivity index (χ1n) is 12.1. The molecular formula is C30H28N4OS. The minimum absolute atomic E-state index is 0.0310. The summed E-state index contributed by atoms with van der Waals surface area (Å²) in [5.74, 6) is 1.88. The van der Waals surface area contributed by atoms with Crippen LogP contribution in [0.25, 0.3) is 22.4 Å². The Morgan fingerprint density at radius 3 is 2.50 bits per heavy atom. The van der Waals surface area contributed by atoms with Crippen molar-refractivity contribution < 1.29 is 4.79 Å². The van der Waals surface area contributed by atoms with Gasteiger partial charge < -0.3 is 9.88 Å². The number of benzene rings is 3. The summed E-state index contributed by atoms with van der Waals surface area (Å²) in [7, 11) is 0. The maximum Gasteiger partial charge on any atom is 0.228 e. The van der Waals surface area contributed by atoms with E-state index in [1.165, 1.54) is 10.5 Å². The van der Waals surface area contributed by atoms with E-state index in [1.54, 1.807) is 11.8 Å². The summed E-state index contributed by atoms with van der Waals surface area (Å²) < 4.78 is 2.21. The van der Waals surface area contributed by atoms with E-state index in [2.05, 4.69) is 59.0 Å². The Bertz CT molecular complexity index is 1480. The zero-order valence-electron chi connectivity index (χ0n) is 20.4. The molecule has 2 aromatic heterocycles. The molecule has 0 aliphatic carbocycles. The number of carbonyl (C=O) groups is 1. The molecule has 0 atom stereocenters. The van der Waals surface area contributed by atoms with Crippen LogP contribution in [0.4, 0.5) is 5.69 Å². The summed E-state index contributed by atoms with van der Waals surface area (Å²) in [4.78, 5) is 23.3. The highest BCUT2D eigenvalue weighted by Gasteiger charge is 2.14. The average molecular weight is 493 g/mol. The number of aryl methyl sites for hydroxylation is 1. The van der Waals surface area contributed by atoms with Crippen LogP contribution in [-0.4, -0.2) is 26.2 Å². The monoisotopic (exact) mass is 492 g/mol. The third-order valence-corrected chi connectivity index (χ3v) is 6.87. The molecule has 180 valence electrons. The van der Waals surface area contributed by atoms with Gasteiger partial charge in [-0.2, -0.15) is 0 Å². The Balaban J connectivity index is 1.35. The van der Waals surface area contributed by atoms with Crippen molar-refractivity contribution in [3.63, 3.8) is 0 Å². The van der Waals surface area contributed by atoms with Crippen molar-refractivity contribution >= 4 is 34.4 Å². The zero-order chi connectivity index (χ0) is 24.9. The van der Waals surface area contributed by atoms with Gasteiger partial charge in [-0.15, -0.1) is 11.8 Å². The van der Waals surface area contributed by atoms with E-state index in [0.717, 1.165) is 45.1 Å². The Labute approximate surface area is 215 Å². The van der Waals surface area contributed by atoms with Gasteiger partial charge >= 0.3 is 0 Å². The fourth-order valence-electron chi connectivity index (χ4n) is 4.23. The van der Waals surface area contributed by atoms with Crippen LogP contribution in [-0.2, 0) is 17.8 Å². The number of carbonyl (C=O) groups excluding carboxylic acids is 1. The molecule has 0 radical (unpaired) electrons. The van der Waals surface area contributed by atoms with E-state index in [4.69, 9.17) is 4.98 Å². The normalized spacial score (nSPS) is 11.1. The van der Waals surface area contributed by atoms with E-state index in [1.807, 2.05) is 60.8 Å². The molecule has 2 heterocycles. The lowest BCUT2D eigenvalue weighted by Crippen LogP contribution is -2.14. The summed E-state index contributed by atoms with van der Waals surface area (Å²) in [5.41, 5.74) is 6.96. The highest BCUT2D eigenvalue weighted by Crippen LogP contribution is 2.27. The number of nitrogens with one attached hydrogen (secondary N) is 1. The van der Waals surface area contributed by atoms with Crippen molar-refractivity contribution in [3.05, 3.63) is 108 Å². The number of hydrogen-bond donors (Lipinski definition) is 1. The zero-order valence-corrected chi connectivity index (χ0v) is 21.3. The second-order valence-corrected chi connectivity index (χ2v) is 10.1. The molecule has 0 saturated heterocycles. The predicted octanol–water partition coefficient (Wildman–Crippen LogP) is 6.75. The molecule has 0 saturated carbocycles. The second-order valence-electron chi connectivity index (χ2n) is 8.71. The van der Waals surface area contributed by atoms with Crippen molar-refractivity contribution in [3.8, 4) is 11.4 Å². The Morgan fingerprint density at radius 1 is 0.972 bits per heavy atom. The number of aromatic nitrogens is 3. The van der Waals surface area contributed by atoms with Crippen LogP contribution in [0.15, 0.2) is 96.0 Å². The molecule has 0 aliphatic rings. The summed E-state index contributed by atoms with van der Waals surface area (Å²) >= 11 is 1.80. The van der Waals surface area contributed by atoms with Crippen LogP contribution >= 0.6 is 11.8 Å². The number of imidazole rings is 1. The average Bonchev–Trinajstić information content (AvgIpc) is 3.24. The molecule has 0 spiro atoms. The molecule has 1 amide bonds. The molecule has 0 unspecified atom stereocenters. The molecule has 5 nitrogen and oxygen atoms in total. The maximum absolute atomic E-state index is 12.6. The van der Waals surface area contributed by atoms with E-state index < -0.39 is 0 Å². The summed E-state index contributed by atoms with van der Waals surface area (Å²) in [6.45, 7) is 4.85. The number of hydrogen-bond acceptors (Lipinski definition) is 4. The van der Waals surface area contributed by atoms with E-state index in [-0.39, 0.29) is 5.91 Å². The van der Waals surface area contributed by atoms with Crippen molar-refractivity contribution in [1.29, 1.82) is 0 Å². The third kappa shape index (κ3) is 5.50. The molecule has 1 N–H and O–H groups in total. The number of fused-ring (bicyclic) bond motifs is 1. The predicted molar refractivity (Wildman–Crippen MR) is 148 cm³/mol. The fraction of sp³-hybridized carbons (Fsp3) is 0.167. The number of pyridine rings is 1. The number of rotatable bonds is 8. The van der Waals surface area contributed by atoms with Crippen LogP contribution in [0.2, 0.25) is 0 Å². The molecule has 0 aliphatic heterocycles. The lowest BCUT2D eigenvalue weighted by Gasteiger charge is -2.11. The first-order valence-corrected chi connectivity index (χ1v) is 13.1. The lowest BCUT2D eigenvalue weighted by atomic mass is 10.1. The molecule has 0 fully saturated rings. The molecule has 6 heteroatoms. The number of anilines is 1. The Morgan fingerprint density at radius 2 is 1.78 bits per heavy atom. The lowest BCUT2D eigenvalue weighted by molar-refractivity contribution is -0.115. The van der Waals surface area contributed by atoms with E-state index in [9.17, 15) is 4.79 Å². The SMILES string of the molecule is CCSc1ccc(CC(=O)Nc2ccc(-c3nc4ccc(C)cc4n3Cc3ccccn3)cc2)cc1. The van der Waals surface area contributed by atoms with Gasteiger partial charge in [-0.3, -0.25) is 9.78 Å². The molecule has 5 aromatic rings. The summed E-state index contributed by atoms with van der Waals surface area (Å²) in [6.07, 6.45) is 2.16. The van der Waals surface area contributed by atoms with Crippen molar-refractivity contribution in [2.75, 3.05) is 11.1 Å². The molecule has 0 bridgehead atoms. The summed E-state index contributed by atoms with van der Waals surface area (Å²) in [6, 6.07) is 28.3. The van der Waals surface area contributed by atoms with Crippen molar-refractivity contribution in [2.45, 2.75) is 31.7 Å². The standard InChI is InChI=1S/C30H28N4OS/c1-3-36-26-14-8-22(9-15-26)19-29(35)32-24-12-10-23(11-13-24)30-33-27-16-7-21(2)18-28(27)34(30)20-25-6-4-5-17-31-25/h4-18H,3,19-20H2,1-2H3,(H,32,35). The van der Waals surface area contributed by atoms with Gasteiger partial charge in [0, 0.05) is 22.3 Å². The van der Waals surface area contributed by atoms with Crippen LogP contribution in [0, 0.1) is 6.92 Å². The topological polar surface area (TPSA) is 59.8 Å². The van der Waals surface area contributed by atoms with Gasteiger partial charge in [-0.05, 0) is 84.5 Å². The van der Waals surface area contributed by atoms with Gasteiger partial charge in [0.2, 0.25) is 5.91 Å². The van der Waals surface area contributed by atoms with Gasteiger partial charge in [0.1, 0.15) is 5.82 Å². The smallest absolute Gasteiger partial charge is 0.228 e. The molecule has 36 heavy (non-hydrogen) atoms. The molecular weight excluding hydrogens is 464 g/mol. The number of thioether (sulfide) groups is 1. The summed E-state index contributed by atoms with van der Waals surface area (Å²) in [5, 5.41) is 3.02. The number of amides is 1. The fourth-order valence-corrected chi connectivity index (χ4v) is 4.89. The highest BCUT2D eigenvalue weighted by molar-refractivity contribution is 7.99. The maximum atomic E-state index is 12.6. The largest absolute Gasteiger partial charge is 0.326 e. The quantitative estimate of drug-likeness (QED) is 0.244. The van der Waals surface area contributed by atoms with E-state index >= 15 is 0 Å². The molecule has 3 aromatic carbocycles. The van der Waals surface area contributed by atoms with Crippen molar-refractivity contribution in [1.82, 2.24) is 14.5 Å². The third-order valence-electron chi connectivity index (χ3n) is 5.98. The Kier molecular flexibility index (Phi) is 7.14. The van der Waals surface area contributed by atoms with Gasteiger partial charge in [-0.1, -0.05) is 31.2 Å². The van der Waals surface area contributed by atoms with E-state index in [0.29, 0.717) is 13.0 Å². The van der Waals surface area contributed by atoms with Crippen LogP contribution < -0.4 is 5.32 Å². The van der Waals surface area contributed by atoms with Crippen molar-refractivity contribution in [2.24, 2.45) is 0 Å². The minimum Gasteiger partial charge on any atom is -0.326 e. The van der Waals surface area contributed by atoms with Gasteiger partial charge in [0.05, 0.1) is 29.7 Å².